The van der Waals surface area contributed by atoms with Crippen molar-refractivity contribution >= 4 is 12.2 Å². The SMILES string of the molecule is Cc1nn(CO)c(=S)n1CO. The number of rotatable bonds is 2. The molecule has 0 spiro atoms. The van der Waals surface area contributed by atoms with Gasteiger partial charge in [-0.3, -0.25) is 4.57 Å². The van der Waals surface area contributed by atoms with Gasteiger partial charge in [0.15, 0.2) is 0 Å². The van der Waals surface area contributed by atoms with Crippen LogP contribution < -0.4 is 0 Å². The number of hydrogen-bond donors (Lipinski definition) is 2. The van der Waals surface area contributed by atoms with Gasteiger partial charge in [0.05, 0.1) is 0 Å². The summed E-state index contributed by atoms with van der Waals surface area (Å²) in [5, 5.41) is 21.3. The van der Waals surface area contributed by atoms with E-state index in [1.54, 1.807) is 6.92 Å². The lowest BCUT2D eigenvalue weighted by molar-refractivity contribution is 0.185. The molecule has 0 atom stereocenters. The fourth-order valence-corrected chi connectivity index (χ4v) is 1.09. The molecule has 62 valence electrons. The van der Waals surface area contributed by atoms with Gasteiger partial charge in [0.25, 0.3) is 0 Å². The Bertz CT molecular complexity index is 303. The number of aryl methyl sites for hydroxylation is 1. The average molecular weight is 175 g/mol. The smallest absolute Gasteiger partial charge is 0.201 e. The lowest BCUT2D eigenvalue weighted by atomic mass is 10.7. The molecule has 0 aliphatic heterocycles. The molecule has 1 heterocycles. The maximum absolute atomic E-state index is 8.77. The van der Waals surface area contributed by atoms with Crippen LogP contribution in [0.5, 0.6) is 0 Å². The Hall–Kier alpha value is -0.720. The van der Waals surface area contributed by atoms with Crippen molar-refractivity contribution in [1.29, 1.82) is 0 Å². The van der Waals surface area contributed by atoms with Crippen LogP contribution in [0.2, 0.25) is 0 Å². The zero-order valence-corrected chi connectivity index (χ0v) is 6.88. The van der Waals surface area contributed by atoms with Gasteiger partial charge in [0.1, 0.15) is 19.3 Å². The topological polar surface area (TPSA) is 63.2 Å². The molecule has 0 amide bonds. The van der Waals surface area contributed by atoms with Crippen LogP contribution >= 0.6 is 12.2 Å². The van der Waals surface area contributed by atoms with Crippen LogP contribution in [0.3, 0.4) is 0 Å². The molecule has 6 heteroatoms. The number of aromatic nitrogens is 3. The van der Waals surface area contributed by atoms with Gasteiger partial charge in [-0.1, -0.05) is 0 Å². The van der Waals surface area contributed by atoms with Gasteiger partial charge in [0, 0.05) is 0 Å². The second-order valence-corrected chi connectivity index (χ2v) is 2.41. The van der Waals surface area contributed by atoms with Crippen molar-refractivity contribution in [2.24, 2.45) is 0 Å². The van der Waals surface area contributed by atoms with Crippen molar-refractivity contribution < 1.29 is 10.2 Å². The molecule has 0 radical (unpaired) electrons. The van der Waals surface area contributed by atoms with E-state index in [-0.39, 0.29) is 13.5 Å². The van der Waals surface area contributed by atoms with E-state index in [2.05, 4.69) is 5.10 Å². The monoisotopic (exact) mass is 175 g/mol. The summed E-state index contributed by atoms with van der Waals surface area (Å²) in [4.78, 5) is 0. The minimum Gasteiger partial charge on any atom is -0.376 e. The Morgan fingerprint density at radius 2 is 2.09 bits per heavy atom. The predicted octanol–water partition coefficient (Wildman–Crippen LogP) is -0.378. The molecule has 1 aromatic rings. The van der Waals surface area contributed by atoms with E-state index in [0.717, 1.165) is 0 Å². The molecule has 0 saturated carbocycles. The second-order valence-electron chi connectivity index (χ2n) is 2.04. The summed E-state index contributed by atoms with van der Waals surface area (Å²) in [5.74, 6) is 0.589. The Kier molecular flexibility index (Phi) is 2.38. The summed E-state index contributed by atoms with van der Waals surface area (Å²) in [6.07, 6.45) is 0. The summed E-state index contributed by atoms with van der Waals surface area (Å²) >= 11 is 4.85. The highest BCUT2D eigenvalue weighted by Crippen LogP contribution is 1.97. The van der Waals surface area contributed by atoms with E-state index in [1.807, 2.05) is 0 Å². The first-order valence-electron chi connectivity index (χ1n) is 3.06. The van der Waals surface area contributed by atoms with Gasteiger partial charge in [-0.2, -0.15) is 5.10 Å². The van der Waals surface area contributed by atoms with Crippen LogP contribution in [0, 0.1) is 11.7 Å². The zero-order valence-electron chi connectivity index (χ0n) is 6.06. The molecule has 0 aliphatic carbocycles. The van der Waals surface area contributed by atoms with E-state index in [4.69, 9.17) is 22.4 Å². The standard InChI is InChI=1S/C5H9N3O2S/c1-4-6-8(3-10)5(11)7(4)2-9/h9-10H,2-3H2,1H3. The summed E-state index contributed by atoms with van der Waals surface area (Å²) in [6, 6.07) is 0. The van der Waals surface area contributed by atoms with Crippen LogP contribution in [0.4, 0.5) is 0 Å². The maximum atomic E-state index is 8.77. The Balaban J connectivity index is 3.25. The normalized spacial score (nSPS) is 10.5. The fraction of sp³-hybridized carbons (Fsp3) is 0.600. The van der Waals surface area contributed by atoms with E-state index >= 15 is 0 Å². The predicted molar refractivity (Wildman–Crippen MR) is 40.2 cm³/mol. The third-order valence-electron chi connectivity index (χ3n) is 1.38. The molecule has 0 aliphatic rings. The maximum Gasteiger partial charge on any atom is 0.201 e. The van der Waals surface area contributed by atoms with Gasteiger partial charge in [-0.15, -0.1) is 0 Å². The summed E-state index contributed by atoms with van der Waals surface area (Å²) < 4.78 is 2.99. The Morgan fingerprint density at radius 3 is 2.36 bits per heavy atom. The number of nitrogens with zero attached hydrogens (tertiary/aromatic N) is 3. The van der Waals surface area contributed by atoms with Crippen LogP contribution in [0.25, 0.3) is 0 Å². The molecular formula is C5H9N3O2S. The molecular weight excluding hydrogens is 166 g/mol. The molecule has 0 aromatic carbocycles. The minimum atomic E-state index is -0.257. The molecule has 11 heavy (non-hydrogen) atoms. The minimum absolute atomic E-state index is 0.204. The van der Waals surface area contributed by atoms with Crippen molar-refractivity contribution in [3.63, 3.8) is 0 Å². The van der Waals surface area contributed by atoms with Crippen LogP contribution in [-0.4, -0.2) is 24.6 Å². The highest BCUT2D eigenvalue weighted by molar-refractivity contribution is 7.71. The lowest BCUT2D eigenvalue weighted by Gasteiger charge is -1.94. The summed E-state index contributed by atoms with van der Waals surface area (Å²) in [6.45, 7) is 1.25. The van der Waals surface area contributed by atoms with E-state index < -0.39 is 0 Å². The van der Waals surface area contributed by atoms with Crippen LogP contribution in [0.1, 0.15) is 5.82 Å². The molecule has 0 fully saturated rings. The number of aliphatic hydroxyl groups is 2. The van der Waals surface area contributed by atoms with E-state index in [0.29, 0.717) is 10.6 Å². The van der Waals surface area contributed by atoms with Crippen molar-refractivity contribution in [3.8, 4) is 0 Å². The van der Waals surface area contributed by atoms with Crippen molar-refractivity contribution in [3.05, 3.63) is 10.6 Å². The molecule has 0 unspecified atom stereocenters. The number of hydrogen-bond acceptors (Lipinski definition) is 4. The first-order valence-corrected chi connectivity index (χ1v) is 3.47. The zero-order chi connectivity index (χ0) is 8.43. The molecule has 0 saturated heterocycles. The van der Waals surface area contributed by atoms with Gasteiger partial charge in [-0.25, -0.2) is 4.68 Å². The van der Waals surface area contributed by atoms with Crippen LogP contribution in [-0.2, 0) is 13.5 Å². The van der Waals surface area contributed by atoms with E-state index in [9.17, 15) is 0 Å². The second kappa shape index (κ2) is 3.12. The summed E-state index contributed by atoms with van der Waals surface area (Å²) in [5.41, 5.74) is 0. The fourth-order valence-electron chi connectivity index (χ4n) is 0.804. The quantitative estimate of drug-likeness (QED) is 0.601. The van der Waals surface area contributed by atoms with Crippen molar-refractivity contribution in [2.45, 2.75) is 20.4 Å². The first-order chi connectivity index (χ1) is 5.20. The molecule has 1 aromatic heterocycles. The Labute approximate surface area is 68.5 Å². The third kappa shape index (κ3) is 1.32. The van der Waals surface area contributed by atoms with Crippen molar-refractivity contribution in [1.82, 2.24) is 14.3 Å². The van der Waals surface area contributed by atoms with Gasteiger partial charge in [-0.05, 0) is 19.1 Å². The summed E-state index contributed by atoms with van der Waals surface area (Å²) in [7, 11) is 0. The molecule has 1 rings (SSSR count). The Morgan fingerprint density at radius 1 is 1.45 bits per heavy atom. The lowest BCUT2D eigenvalue weighted by Crippen LogP contribution is -2.01. The van der Waals surface area contributed by atoms with E-state index in [1.165, 1.54) is 9.25 Å². The highest BCUT2D eigenvalue weighted by Gasteiger charge is 2.02. The molecule has 0 bridgehead atoms. The van der Waals surface area contributed by atoms with Gasteiger partial charge < -0.3 is 10.2 Å². The largest absolute Gasteiger partial charge is 0.376 e. The molecule has 2 N–H and O–H groups in total. The van der Waals surface area contributed by atoms with Crippen molar-refractivity contribution in [2.75, 3.05) is 0 Å². The highest BCUT2D eigenvalue weighted by atomic mass is 32.1. The van der Waals surface area contributed by atoms with Gasteiger partial charge >= 0.3 is 0 Å². The number of aliphatic hydroxyl groups excluding tert-OH is 2. The average Bonchev–Trinajstić information content (AvgIpc) is 2.26. The van der Waals surface area contributed by atoms with Gasteiger partial charge in [0.2, 0.25) is 4.77 Å². The first kappa shape index (κ1) is 8.38. The molecule has 5 nitrogen and oxygen atoms in total. The third-order valence-corrected chi connectivity index (χ3v) is 1.81. The van der Waals surface area contributed by atoms with Crippen LogP contribution in [0.15, 0.2) is 0 Å².